The summed E-state index contributed by atoms with van der Waals surface area (Å²) in [5.41, 5.74) is 0. The molecule has 1 aliphatic rings. The SMILES string of the molecule is CNS(=O)(=O)CC1CCCN1. The predicted molar refractivity (Wildman–Crippen MR) is 43.9 cm³/mol. The smallest absolute Gasteiger partial charge is 0.212 e. The summed E-state index contributed by atoms with van der Waals surface area (Å²) in [5, 5.41) is 3.13. The molecule has 2 N–H and O–H groups in total. The summed E-state index contributed by atoms with van der Waals surface area (Å²) in [7, 11) is -1.57. The maximum absolute atomic E-state index is 11.0. The first-order valence-corrected chi connectivity index (χ1v) is 5.44. The van der Waals surface area contributed by atoms with Gasteiger partial charge in [-0.3, -0.25) is 0 Å². The van der Waals surface area contributed by atoms with Gasteiger partial charge in [-0.15, -0.1) is 0 Å². The maximum atomic E-state index is 11.0. The van der Waals surface area contributed by atoms with Gasteiger partial charge in [-0.25, -0.2) is 13.1 Å². The average Bonchev–Trinajstić information content (AvgIpc) is 2.39. The first-order chi connectivity index (χ1) is 5.14. The fourth-order valence-electron chi connectivity index (χ4n) is 1.25. The van der Waals surface area contributed by atoms with E-state index in [4.69, 9.17) is 0 Å². The van der Waals surface area contributed by atoms with Crippen molar-refractivity contribution in [1.82, 2.24) is 10.0 Å². The van der Waals surface area contributed by atoms with Crippen LogP contribution in [0.2, 0.25) is 0 Å². The number of rotatable bonds is 3. The Morgan fingerprint density at radius 1 is 1.64 bits per heavy atom. The number of sulfonamides is 1. The Morgan fingerprint density at radius 2 is 2.36 bits per heavy atom. The van der Waals surface area contributed by atoms with Crippen molar-refractivity contribution in [2.45, 2.75) is 18.9 Å². The molecule has 0 amide bonds. The lowest BCUT2D eigenvalue weighted by Crippen LogP contribution is -2.34. The molecule has 0 aromatic heterocycles. The van der Waals surface area contributed by atoms with Gasteiger partial charge in [0.15, 0.2) is 0 Å². The number of nitrogens with one attached hydrogen (secondary N) is 2. The summed E-state index contributed by atoms with van der Waals surface area (Å²) in [4.78, 5) is 0. The summed E-state index contributed by atoms with van der Waals surface area (Å²) >= 11 is 0. The zero-order chi connectivity index (χ0) is 8.32. The van der Waals surface area contributed by atoms with Gasteiger partial charge >= 0.3 is 0 Å². The highest BCUT2D eigenvalue weighted by molar-refractivity contribution is 7.89. The van der Waals surface area contributed by atoms with Crippen LogP contribution >= 0.6 is 0 Å². The van der Waals surface area contributed by atoms with Crippen LogP contribution in [0, 0.1) is 0 Å². The van der Waals surface area contributed by atoms with Gasteiger partial charge < -0.3 is 5.32 Å². The highest BCUT2D eigenvalue weighted by Gasteiger charge is 2.20. The highest BCUT2D eigenvalue weighted by atomic mass is 32.2. The van der Waals surface area contributed by atoms with Crippen LogP contribution in [0.5, 0.6) is 0 Å². The number of hydrogen-bond donors (Lipinski definition) is 2. The first kappa shape index (κ1) is 8.96. The third-order valence-electron chi connectivity index (χ3n) is 1.89. The highest BCUT2D eigenvalue weighted by Crippen LogP contribution is 2.06. The van der Waals surface area contributed by atoms with Gasteiger partial charge in [0.2, 0.25) is 10.0 Å². The van der Waals surface area contributed by atoms with E-state index in [2.05, 4.69) is 10.0 Å². The minimum Gasteiger partial charge on any atom is -0.313 e. The van der Waals surface area contributed by atoms with Gasteiger partial charge in [0.1, 0.15) is 0 Å². The van der Waals surface area contributed by atoms with Crippen LogP contribution in [0.15, 0.2) is 0 Å². The number of hydrogen-bond acceptors (Lipinski definition) is 3. The summed E-state index contributed by atoms with van der Waals surface area (Å²) in [6, 6.07) is 0.160. The third kappa shape index (κ3) is 2.76. The van der Waals surface area contributed by atoms with Gasteiger partial charge in [0.25, 0.3) is 0 Å². The molecule has 1 fully saturated rings. The second-order valence-corrected chi connectivity index (χ2v) is 4.75. The van der Waals surface area contributed by atoms with E-state index < -0.39 is 10.0 Å². The molecule has 0 aliphatic carbocycles. The van der Waals surface area contributed by atoms with Gasteiger partial charge in [-0.1, -0.05) is 0 Å². The molecule has 1 rings (SSSR count). The first-order valence-electron chi connectivity index (χ1n) is 3.78. The van der Waals surface area contributed by atoms with Gasteiger partial charge in [0, 0.05) is 6.04 Å². The molecule has 0 aromatic carbocycles. The van der Waals surface area contributed by atoms with Gasteiger partial charge in [-0.05, 0) is 26.4 Å². The van der Waals surface area contributed by atoms with Crippen molar-refractivity contribution in [3.05, 3.63) is 0 Å². The molecule has 66 valence electrons. The third-order valence-corrected chi connectivity index (χ3v) is 3.36. The van der Waals surface area contributed by atoms with Crippen molar-refractivity contribution in [3.8, 4) is 0 Å². The Balaban J connectivity index is 2.41. The van der Waals surface area contributed by atoms with Crippen LogP contribution in [0.1, 0.15) is 12.8 Å². The van der Waals surface area contributed by atoms with Crippen LogP contribution < -0.4 is 10.0 Å². The van der Waals surface area contributed by atoms with Crippen molar-refractivity contribution >= 4 is 10.0 Å². The van der Waals surface area contributed by atoms with Gasteiger partial charge in [0.05, 0.1) is 5.75 Å². The summed E-state index contributed by atoms with van der Waals surface area (Å²) < 4.78 is 24.3. The molecular weight excluding hydrogens is 164 g/mol. The lowest BCUT2D eigenvalue weighted by Gasteiger charge is -2.08. The lowest BCUT2D eigenvalue weighted by molar-refractivity contribution is 0.569. The van der Waals surface area contributed by atoms with Crippen molar-refractivity contribution < 1.29 is 8.42 Å². The lowest BCUT2D eigenvalue weighted by atomic mass is 10.3. The molecule has 1 unspecified atom stereocenters. The Kier molecular flexibility index (Phi) is 2.86. The van der Waals surface area contributed by atoms with Crippen molar-refractivity contribution in [1.29, 1.82) is 0 Å². The molecular formula is C6H14N2O2S. The zero-order valence-electron chi connectivity index (χ0n) is 6.63. The van der Waals surface area contributed by atoms with Crippen molar-refractivity contribution in [3.63, 3.8) is 0 Å². The fourth-order valence-corrected chi connectivity index (χ4v) is 2.23. The van der Waals surface area contributed by atoms with Crippen LogP contribution in [-0.2, 0) is 10.0 Å². The molecule has 4 nitrogen and oxygen atoms in total. The van der Waals surface area contributed by atoms with Crippen molar-refractivity contribution in [2.24, 2.45) is 0 Å². The minimum atomic E-state index is -3.02. The standard InChI is InChI=1S/C6H14N2O2S/c1-7-11(9,10)5-6-3-2-4-8-6/h6-8H,2-5H2,1H3. The Labute approximate surface area is 67.4 Å². The van der Waals surface area contributed by atoms with Crippen LogP contribution in [-0.4, -0.2) is 33.8 Å². The molecule has 1 saturated heterocycles. The van der Waals surface area contributed by atoms with Crippen LogP contribution in [0.25, 0.3) is 0 Å². The molecule has 1 aliphatic heterocycles. The van der Waals surface area contributed by atoms with E-state index in [9.17, 15) is 8.42 Å². The Bertz CT molecular complexity index is 207. The molecule has 0 aromatic rings. The molecule has 0 spiro atoms. The molecule has 11 heavy (non-hydrogen) atoms. The molecule has 0 saturated carbocycles. The molecule has 5 heteroatoms. The Morgan fingerprint density at radius 3 is 2.82 bits per heavy atom. The quantitative estimate of drug-likeness (QED) is 0.600. The predicted octanol–water partition coefficient (Wildman–Crippen LogP) is -0.712. The molecule has 0 bridgehead atoms. The molecule has 0 radical (unpaired) electrons. The monoisotopic (exact) mass is 178 g/mol. The summed E-state index contributed by atoms with van der Waals surface area (Å²) in [5.74, 6) is 0.212. The summed E-state index contributed by atoms with van der Waals surface area (Å²) in [6.07, 6.45) is 2.06. The average molecular weight is 178 g/mol. The van der Waals surface area contributed by atoms with Crippen molar-refractivity contribution in [2.75, 3.05) is 19.3 Å². The zero-order valence-corrected chi connectivity index (χ0v) is 7.45. The van der Waals surface area contributed by atoms with Crippen LogP contribution in [0.3, 0.4) is 0 Å². The molecule has 1 atom stereocenters. The normalized spacial score (nSPS) is 25.7. The van der Waals surface area contributed by atoms with E-state index in [1.165, 1.54) is 7.05 Å². The Hall–Kier alpha value is -0.130. The van der Waals surface area contributed by atoms with E-state index in [-0.39, 0.29) is 11.8 Å². The van der Waals surface area contributed by atoms with Crippen LogP contribution in [0.4, 0.5) is 0 Å². The van der Waals surface area contributed by atoms with E-state index in [1.807, 2.05) is 0 Å². The summed E-state index contributed by atoms with van der Waals surface area (Å²) in [6.45, 7) is 0.948. The van der Waals surface area contributed by atoms with E-state index in [1.54, 1.807) is 0 Å². The molecule has 1 heterocycles. The maximum Gasteiger partial charge on any atom is 0.212 e. The van der Waals surface area contributed by atoms with Gasteiger partial charge in [-0.2, -0.15) is 0 Å². The van der Waals surface area contributed by atoms with E-state index >= 15 is 0 Å². The topological polar surface area (TPSA) is 58.2 Å². The van der Waals surface area contributed by atoms with E-state index in [0.717, 1.165) is 19.4 Å². The largest absolute Gasteiger partial charge is 0.313 e. The second kappa shape index (κ2) is 3.51. The minimum absolute atomic E-state index is 0.160. The fraction of sp³-hybridized carbons (Fsp3) is 1.00. The second-order valence-electron chi connectivity index (χ2n) is 2.78. The van der Waals surface area contributed by atoms with E-state index in [0.29, 0.717) is 0 Å².